The fraction of sp³-hybridized carbons (Fsp3) is 0.500. The quantitative estimate of drug-likeness (QED) is 0.466. The number of hydrogen-bond donors (Lipinski definition) is 0. The third-order valence-electron chi connectivity index (χ3n) is 2.71. The Balaban J connectivity index is 1.66. The first kappa shape index (κ1) is 12.6. The van der Waals surface area contributed by atoms with Crippen molar-refractivity contribution in [1.82, 2.24) is 9.88 Å². The van der Waals surface area contributed by atoms with Crippen LogP contribution in [0.2, 0.25) is 0 Å². The number of amides is 1. The minimum atomic E-state index is 0.279. The van der Waals surface area contributed by atoms with Crippen molar-refractivity contribution in [3.63, 3.8) is 0 Å². The Morgan fingerprint density at radius 3 is 3.00 bits per heavy atom. The van der Waals surface area contributed by atoms with Crippen molar-refractivity contribution in [1.29, 1.82) is 0 Å². The van der Waals surface area contributed by atoms with Crippen LogP contribution in [0.4, 0.5) is 0 Å². The Bertz CT molecular complexity index is 381. The van der Waals surface area contributed by atoms with Crippen molar-refractivity contribution >= 4 is 28.5 Å². The van der Waals surface area contributed by atoms with Gasteiger partial charge in [-0.05, 0) is 47.6 Å². The number of pyridine rings is 1. The summed E-state index contributed by atoms with van der Waals surface area (Å²) in [5.41, 5.74) is 0. The molecule has 0 aromatic carbocycles. The summed E-state index contributed by atoms with van der Waals surface area (Å²) in [5, 5.41) is 0. The fourth-order valence-corrected chi connectivity index (χ4v) is 2.15. The van der Waals surface area contributed by atoms with Crippen molar-refractivity contribution in [3.05, 3.63) is 22.0 Å². The molecule has 1 aromatic heterocycles. The van der Waals surface area contributed by atoms with Gasteiger partial charge < -0.3 is 9.64 Å². The Morgan fingerprint density at radius 2 is 2.35 bits per heavy atom. The van der Waals surface area contributed by atoms with Crippen LogP contribution in [-0.2, 0) is 4.79 Å². The SMILES string of the molecule is O=C1CCCN1CCCOc1ccc(I)nc1. The molecular formula is C12H15IN2O2. The van der Waals surface area contributed by atoms with Gasteiger partial charge in [0.15, 0.2) is 0 Å². The maximum Gasteiger partial charge on any atom is 0.222 e. The van der Waals surface area contributed by atoms with E-state index in [1.165, 1.54) is 0 Å². The van der Waals surface area contributed by atoms with E-state index >= 15 is 0 Å². The summed E-state index contributed by atoms with van der Waals surface area (Å²) in [7, 11) is 0. The first-order valence-corrected chi connectivity index (χ1v) is 6.86. The van der Waals surface area contributed by atoms with E-state index in [1.807, 2.05) is 17.0 Å². The van der Waals surface area contributed by atoms with Crippen molar-refractivity contribution in [3.8, 4) is 5.75 Å². The zero-order valence-corrected chi connectivity index (χ0v) is 11.7. The molecule has 5 heteroatoms. The summed E-state index contributed by atoms with van der Waals surface area (Å²) in [6, 6.07) is 3.83. The molecule has 92 valence electrons. The molecule has 1 saturated heterocycles. The Kier molecular flexibility index (Phi) is 4.58. The lowest BCUT2D eigenvalue weighted by molar-refractivity contribution is -0.127. The number of hydrogen-bond acceptors (Lipinski definition) is 3. The third kappa shape index (κ3) is 3.83. The molecule has 2 heterocycles. The van der Waals surface area contributed by atoms with E-state index in [9.17, 15) is 4.79 Å². The molecule has 1 amide bonds. The monoisotopic (exact) mass is 346 g/mol. The van der Waals surface area contributed by atoms with E-state index in [-0.39, 0.29) is 5.91 Å². The first-order valence-electron chi connectivity index (χ1n) is 5.78. The second-order valence-corrected chi connectivity index (χ2v) is 5.11. The lowest BCUT2D eigenvalue weighted by Gasteiger charge is -2.15. The molecule has 0 bridgehead atoms. The predicted octanol–water partition coefficient (Wildman–Crippen LogP) is 2.08. The molecule has 1 aliphatic rings. The van der Waals surface area contributed by atoms with Gasteiger partial charge in [-0.25, -0.2) is 4.98 Å². The van der Waals surface area contributed by atoms with Gasteiger partial charge in [0, 0.05) is 19.5 Å². The molecule has 0 spiro atoms. The van der Waals surface area contributed by atoms with Gasteiger partial charge in [0.25, 0.3) is 0 Å². The molecule has 0 aliphatic carbocycles. The predicted molar refractivity (Wildman–Crippen MR) is 72.9 cm³/mol. The molecule has 2 rings (SSSR count). The minimum Gasteiger partial charge on any atom is -0.492 e. The van der Waals surface area contributed by atoms with E-state index in [4.69, 9.17) is 4.74 Å². The van der Waals surface area contributed by atoms with E-state index in [0.717, 1.165) is 35.4 Å². The fourth-order valence-electron chi connectivity index (χ4n) is 1.83. The summed E-state index contributed by atoms with van der Waals surface area (Å²) < 4.78 is 6.51. The highest BCUT2D eigenvalue weighted by Crippen LogP contribution is 2.12. The molecule has 0 saturated carbocycles. The maximum atomic E-state index is 11.4. The van der Waals surface area contributed by atoms with Gasteiger partial charge in [0.05, 0.1) is 12.8 Å². The smallest absolute Gasteiger partial charge is 0.222 e. The van der Waals surface area contributed by atoms with Crippen molar-refractivity contribution in [2.75, 3.05) is 19.7 Å². The number of likely N-dealkylation sites (tertiary alicyclic amines) is 1. The van der Waals surface area contributed by atoms with Gasteiger partial charge in [-0.1, -0.05) is 0 Å². The zero-order chi connectivity index (χ0) is 12.1. The second kappa shape index (κ2) is 6.18. The van der Waals surface area contributed by atoms with Crippen molar-refractivity contribution in [2.45, 2.75) is 19.3 Å². The minimum absolute atomic E-state index is 0.279. The molecule has 0 atom stereocenters. The highest BCUT2D eigenvalue weighted by Gasteiger charge is 2.18. The van der Waals surface area contributed by atoms with Gasteiger partial charge in [-0.2, -0.15) is 0 Å². The van der Waals surface area contributed by atoms with Gasteiger partial charge in [0.2, 0.25) is 5.91 Å². The van der Waals surface area contributed by atoms with Crippen LogP contribution in [0.1, 0.15) is 19.3 Å². The molecule has 17 heavy (non-hydrogen) atoms. The standard InChI is InChI=1S/C12H15IN2O2/c13-11-5-4-10(9-14-11)17-8-2-7-15-6-1-3-12(15)16/h4-5,9H,1-3,6-8H2. The molecule has 0 radical (unpaired) electrons. The molecule has 1 aliphatic heterocycles. The van der Waals surface area contributed by atoms with E-state index in [2.05, 4.69) is 27.6 Å². The number of nitrogens with zero attached hydrogens (tertiary/aromatic N) is 2. The summed E-state index contributed by atoms with van der Waals surface area (Å²) in [6.07, 6.45) is 4.31. The number of rotatable bonds is 5. The molecule has 1 fully saturated rings. The number of ether oxygens (including phenoxy) is 1. The molecule has 0 unspecified atom stereocenters. The number of halogens is 1. The van der Waals surface area contributed by atoms with Crippen molar-refractivity contribution < 1.29 is 9.53 Å². The third-order valence-corrected chi connectivity index (χ3v) is 3.35. The van der Waals surface area contributed by atoms with Gasteiger partial charge >= 0.3 is 0 Å². The van der Waals surface area contributed by atoms with Crippen LogP contribution in [0.5, 0.6) is 5.75 Å². The lowest BCUT2D eigenvalue weighted by atomic mass is 10.4. The van der Waals surface area contributed by atoms with E-state index < -0.39 is 0 Å². The van der Waals surface area contributed by atoms with Gasteiger partial charge in [-0.15, -0.1) is 0 Å². The zero-order valence-electron chi connectivity index (χ0n) is 9.56. The van der Waals surface area contributed by atoms with E-state index in [1.54, 1.807) is 6.20 Å². The number of carbonyl (C=O) groups excluding carboxylic acids is 1. The van der Waals surface area contributed by atoms with Crippen LogP contribution >= 0.6 is 22.6 Å². The topological polar surface area (TPSA) is 42.4 Å². The average molecular weight is 346 g/mol. The van der Waals surface area contributed by atoms with E-state index in [0.29, 0.717) is 13.0 Å². The largest absolute Gasteiger partial charge is 0.492 e. The van der Waals surface area contributed by atoms with Gasteiger partial charge in [0.1, 0.15) is 9.45 Å². The van der Waals surface area contributed by atoms with Crippen molar-refractivity contribution in [2.24, 2.45) is 0 Å². The average Bonchev–Trinajstić information content (AvgIpc) is 2.73. The maximum absolute atomic E-state index is 11.4. The highest BCUT2D eigenvalue weighted by molar-refractivity contribution is 14.1. The molecule has 4 nitrogen and oxygen atoms in total. The molecular weight excluding hydrogens is 331 g/mol. The Morgan fingerprint density at radius 1 is 1.47 bits per heavy atom. The van der Waals surface area contributed by atoms with Crippen LogP contribution in [-0.4, -0.2) is 35.5 Å². The number of carbonyl (C=O) groups is 1. The van der Waals surface area contributed by atoms with Crippen LogP contribution in [0.15, 0.2) is 18.3 Å². The summed E-state index contributed by atoms with van der Waals surface area (Å²) >= 11 is 2.16. The summed E-state index contributed by atoms with van der Waals surface area (Å²) in [6.45, 7) is 2.34. The first-order chi connectivity index (χ1) is 8.25. The second-order valence-electron chi connectivity index (χ2n) is 4.00. The summed E-state index contributed by atoms with van der Waals surface area (Å²) in [4.78, 5) is 17.4. The molecule has 0 N–H and O–H groups in total. The van der Waals surface area contributed by atoms with Crippen LogP contribution < -0.4 is 4.74 Å². The number of aromatic nitrogens is 1. The summed E-state index contributed by atoms with van der Waals surface area (Å²) in [5.74, 6) is 1.07. The van der Waals surface area contributed by atoms with Crippen LogP contribution in [0.25, 0.3) is 0 Å². The van der Waals surface area contributed by atoms with Crippen LogP contribution in [0.3, 0.4) is 0 Å². The normalized spacial score (nSPS) is 15.4. The highest BCUT2D eigenvalue weighted by atomic mass is 127. The van der Waals surface area contributed by atoms with Gasteiger partial charge in [-0.3, -0.25) is 4.79 Å². The Hall–Kier alpha value is -0.850. The lowest BCUT2D eigenvalue weighted by Crippen LogP contribution is -2.26. The Labute approximate surface area is 114 Å². The molecule has 1 aromatic rings. The van der Waals surface area contributed by atoms with Crippen LogP contribution in [0, 0.1) is 3.70 Å².